The van der Waals surface area contributed by atoms with Crippen LogP contribution in [0.2, 0.25) is 10.0 Å². The minimum absolute atomic E-state index is 0.559. The molecule has 0 atom stereocenters. The number of ether oxygens (including phenoxy) is 1. The van der Waals surface area contributed by atoms with Gasteiger partial charge in [0.2, 0.25) is 0 Å². The lowest BCUT2D eigenvalue weighted by Crippen LogP contribution is -2.40. The Hall–Kier alpha value is -1.37. The maximum atomic E-state index is 6.33. The summed E-state index contributed by atoms with van der Waals surface area (Å²) in [5.41, 5.74) is 3.30. The molecule has 0 bridgehead atoms. The lowest BCUT2D eigenvalue weighted by atomic mass is 10.1. The van der Waals surface area contributed by atoms with Crippen molar-refractivity contribution in [3.63, 3.8) is 0 Å². The number of hydrogen-bond donors (Lipinski definition) is 1. The first-order chi connectivity index (χ1) is 14.0. The SMILES string of the molecule is Cc1ccccc1CN(CCCN1CCOCC1)C(=S)Nc1ccc(Cl)cc1Cl. The lowest BCUT2D eigenvalue weighted by Gasteiger charge is -2.30. The third-order valence-corrected chi connectivity index (χ3v) is 6.00. The number of aryl methyl sites for hydroxylation is 1. The van der Waals surface area contributed by atoms with Crippen LogP contribution in [0.4, 0.5) is 5.69 Å². The van der Waals surface area contributed by atoms with Crippen LogP contribution >= 0.6 is 35.4 Å². The molecule has 0 aromatic heterocycles. The van der Waals surface area contributed by atoms with E-state index >= 15 is 0 Å². The van der Waals surface area contributed by atoms with Crippen LogP contribution in [0.3, 0.4) is 0 Å². The van der Waals surface area contributed by atoms with Crippen molar-refractivity contribution < 1.29 is 4.74 Å². The molecule has 7 heteroatoms. The highest BCUT2D eigenvalue weighted by Crippen LogP contribution is 2.26. The largest absolute Gasteiger partial charge is 0.379 e. The van der Waals surface area contributed by atoms with E-state index in [-0.39, 0.29) is 0 Å². The van der Waals surface area contributed by atoms with Gasteiger partial charge in [0.05, 0.1) is 23.9 Å². The summed E-state index contributed by atoms with van der Waals surface area (Å²) in [6.45, 7) is 8.44. The van der Waals surface area contributed by atoms with Gasteiger partial charge in [-0.2, -0.15) is 0 Å². The van der Waals surface area contributed by atoms with Gasteiger partial charge >= 0.3 is 0 Å². The Morgan fingerprint density at radius 1 is 1.17 bits per heavy atom. The van der Waals surface area contributed by atoms with Gasteiger partial charge in [-0.3, -0.25) is 4.90 Å². The third kappa shape index (κ3) is 6.83. The van der Waals surface area contributed by atoms with Crippen molar-refractivity contribution in [1.29, 1.82) is 0 Å². The fourth-order valence-corrected chi connectivity index (χ4v) is 4.06. The van der Waals surface area contributed by atoms with E-state index in [9.17, 15) is 0 Å². The standard InChI is InChI=1S/C22H27Cl2N3OS/c1-17-5-2-3-6-18(17)16-27(10-4-9-26-11-13-28-14-12-26)22(29)25-21-8-7-19(23)15-20(21)24/h2-3,5-8,15H,4,9-14,16H2,1H3,(H,25,29). The maximum Gasteiger partial charge on any atom is 0.173 e. The Morgan fingerprint density at radius 2 is 1.93 bits per heavy atom. The molecule has 0 aliphatic carbocycles. The normalized spacial score (nSPS) is 14.6. The van der Waals surface area contributed by atoms with Gasteiger partial charge < -0.3 is 15.0 Å². The predicted molar refractivity (Wildman–Crippen MR) is 126 cm³/mol. The van der Waals surface area contributed by atoms with Crippen molar-refractivity contribution in [2.45, 2.75) is 19.9 Å². The Balaban J connectivity index is 1.66. The van der Waals surface area contributed by atoms with E-state index < -0.39 is 0 Å². The molecule has 1 aliphatic heterocycles. The van der Waals surface area contributed by atoms with Crippen molar-refractivity contribution in [3.8, 4) is 0 Å². The molecular weight excluding hydrogens is 425 g/mol. The van der Waals surface area contributed by atoms with Crippen molar-refractivity contribution >= 4 is 46.2 Å². The number of nitrogens with one attached hydrogen (secondary N) is 1. The topological polar surface area (TPSA) is 27.7 Å². The number of morpholine rings is 1. The zero-order valence-electron chi connectivity index (χ0n) is 16.7. The van der Waals surface area contributed by atoms with Crippen molar-refractivity contribution in [3.05, 3.63) is 63.6 Å². The van der Waals surface area contributed by atoms with Crippen molar-refractivity contribution in [2.24, 2.45) is 0 Å². The van der Waals surface area contributed by atoms with E-state index in [4.69, 9.17) is 40.2 Å². The highest BCUT2D eigenvalue weighted by Gasteiger charge is 2.15. The van der Waals surface area contributed by atoms with E-state index in [1.165, 1.54) is 11.1 Å². The van der Waals surface area contributed by atoms with E-state index in [0.717, 1.165) is 58.0 Å². The summed E-state index contributed by atoms with van der Waals surface area (Å²) in [5, 5.41) is 5.13. The number of benzene rings is 2. The molecule has 0 saturated carbocycles. The molecule has 29 heavy (non-hydrogen) atoms. The number of anilines is 1. The summed E-state index contributed by atoms with van der Waals surface area (Å²) in [5.74, 6) is 0. The fraction of sp³-hybridized carbons (Fsp3) is 0.409. The van der Waals surface area contributed by atoms with Crippen LogP contribution in [-0.2, 0) is 11.3 Å². The van der Waals surface area contributed by atoms with Crippen LogP contribution in [0.1, 0.15) is 17.5 Å². The first-order valence-electron chi connectivity index (χ1n) is 9.88. The molecule has 3 rings (SSSR count). The van der Waals surface area contributed by atoms with Gasteiger partial charge in [0.1, 0.15) is 0 Å². The summed E-state index contributed by atoms with van der Waals surface area (Å²) in [4.78, 5) is 4.66. The molecule has 1 N–H and O–H groups in total. The van der Waals surface area contributed by atoms with E-state index in [1.807, 2.05) is 12.1 Å². The molecule has 1 saturated heterocycles. The lowest BCUT2D eigenvalue weighted by molar-refractivity contribution is 0.0368. The smallest absolute Gasteiger partial charge is 0.173 e. The van der Waals surface area contributed by atoms with Gasteiger partial charge in [-0.25, -0.2) is 0 Å². The average molecular weight is 452 g/mol. The molecular formula is C22H27Cl2N3OS. The number of thiocarbonyl (C=S) groups is 1. The van der Waals surface area contributed by atoms with Crippen LogP contribution in [0.25, 0.3) is 0 Å². The minimum atomic E-state index is 0.559. The van der Waals surface area contributed by atoms with Gasteiger partial charge in [-0.15, -0.1) is 0 Å². The van der Waals surface area contributed by atoms with E-state index in [1.54, 1.807) is 6.07 Å². The number of halogens is 2. The number of rotatable bonds is 7. The summed E-state index contributed by atoms with van der Waals surface area (Å²) in [7, 11) is 0. The summed E-state index contributed by atoms with van der Waals surface area (Å²) in [6, 6.07) is 13.8. The Morgan fingerprint density at radius 3 is 2.66 bits per heavy atom. The van der Waals surface area contributed by atoms with Crippen LogP contribution in [0.15, 0.2) is 42.5 Å². The summed E-state index contributed by atoms with van der Waals surface area (Å²) < 4.78 is 5.44. The highest BCUT2D eigenvalue weighted by molar-refractivity contribution is 7.80. The monoisotopic (exact) mass is 451 g/mol. The zero-order chi connectivity index (χ0) is 20.6. The van der Waals surface area contributed by atoms with Crippen molar-refractivity contribution in [1.82, 2.24) is 9.80 Å². The molecule has 1 heterocycles. The number of hydrogen-bond acceptors (Lipinski definition) is 3. The first kappa shape index (κ1) is 22.3. The van der Waals surface area contributed by atoms with Crippen LogP contribution in [0, 0.1) is 6.92 Å². The van der Waals surface area contributed by atoms with Crippen LogP contribution in [-0.4, -0.2) is 54.3 Å². The second-order valence-corrected chi connectivity index (χ2v) is 8.44. The fourth-order valence-electron chi connectivity index (χ4n) is 3.34. The molecule has 4 nitrogen and oxygen atoms in total. The molecule has 2 aromatic carbocycles. The van der Waals surface area contributed by atoms with E-state index in [2.05, 4.69) is 46.3 Å². The molecule has 1 aliphatic rings. The first-order valence-corrected chi connectivity index (χ1v) is 11.0. The summed E-state index contributed by atoms with van der Waals surface area (Å²) in [6.07, 6.45) is 1.03. The Bertz CT molecular complexity index is 827. The molecule has 1 fully saturated rings. The highest BCUT2D eigenvalue weighted by atomic mass is 35.5. The third-order valence-electron chi connectivity index (χ3n) is 5.09. The predicted octanol–water partition coefficient (Wildman–Crippen LogP) is 5.22. The zero-order valence-corrected chi connectivity index (χ0v) is 19.0. The summed E-state index contributed by atoms with van der Waals surface area (Å²) >= 11 is 18.1. The molecule has 0 spiro atoms. The quantitative estimate of drug-likeness (QED) is 0.582. The second-order valence-electron chi connectivity index (χ2n) is 7.21. The molecule has 0 radical (unpaired) electrons. The van der Waals surface area contributed by atoms with Crippen LogP contribution in [0.5, 0.6) is 0 Å². The van der Waals surface area contributed by atoms with Gasteiger partial charge in [0.25, 0.3) is 0 Å². The van der Waals surface area contributed by atoms with Crippen LogP contribution < -0.4 is 5.32 Å². The Labute approximate surface area is 188 Å². The maximum absolute atomic E-state index is 6.33. The molecule has 0 unspecified atom stereocenters. The molecule has 2 aromatic rings. The van der Waals surface area contributed by atoms with Gasteiger partial charge in [0, 0.05) is 37.7 Å². The number of nitrogens with zero attached hydrogens (tertiary/aromatic N) is 2. The molecule has 0 amide bonds. The van der Waals surface area contributed by atoms with E-state index in [0.29, 0.717) is 15.2 Å². The minimum Gasteiger partial charge on any atom is -0.379 e. The van der Waals surface area contributed by atoms with Gasteiger partial charge in [-0.05, 0) is 54.9 Å². The van der Waals surface area contributed by atoms with Crippen molar-refractivity contribution in [2.75, 3.05) is 44.7 Å². The van der Waals surface area contributed by atoms with Gasteiger partial charge in [-0.1, -0.05) is 47.5 Å². The Kier molecular flexibility index (Phi) is 8.57. The average Bonchev–Trinajstić information content (AvgIpc) is 2.71. The van der Waals surface area contributed by atoms with Gasteiger partial charge in [0.15, 0.2) is 5.11 Å². The molecule has 156 valence electrons. The second kappa shape index (κ2) is 11.1.